The summed E-state index contributed by atoms with van der Waals surface area (Å²) in [5.74, 6) is 0. The van der Waals surface area contributed by atoms with Crippen LogP contribution in [0.2, 0.25) is 0 Å². The van der Waals surface area contributed by atoms with E-state index in [9.17, 15) is 0 Å². The fourth-order valence-corrected chi connectivity index (χ4v) is 1.42. The molecule has 0 fully saturated rings. The summed E-state index contributed by atoms with van der Waals surface area (Å²) in [6.07, 6.45) is 0. The van der Waals surface area contributed by atoms with Crippen molar-refractivity contribution in [2.24, 2.45) is 0 Å². The van der Waals surface area contributed by atoms with Gasteiger partial charge in [-0.2, -0.15) is 0 Å². The molecule has 1 rings (SSSR count). The maximum atomic E-state index is 2.28. The molecule has 1 heteroatoms. The second kappa shape index (κ2) is 2.96. The first-order chi connectivity index (χ1) is 4.61. The first kappa shape index (κ1) is 8.14. The summed E-state index contributed by atoms with van der Waals surface area (Å²) in [6.45, 7) is 4.56. The van der Waals surface area contributed by atoms with Crippen LogP contribution in [-0.4, -0.2) is 23.0 Å². The van der Waals surface area contributed by atoms with E-state index in [2.05, 4.69) is 44.2 Å². The Morgan fingerprint density at radius 1 is 1.10 bits per heavy atom. The van der Waals surface area contributed by atoms with Crippen LogP contribution in [0.5, 0.6) is 0 Å². The second-order valence-electron chi connectivity index (χ2n) is 3.09. The Balaban J connectivity index is 2.97. The fraction of sp³-hybridized carbons (Fsp3) is 0.333. The van der Waals surface area contributed by atoms with E-state index >= 15 is 0 Å². The summed E-state index contributed by atoms with van der Waals surface area (Å²) >= 11 is 1.28. The van der Waals surface area contributed by atoms with Crippen LogP contribution in [0.25, 0.3) is 0 Å². The van der Waals surface area contributed by atoms with Crippen molar-refractivity contribution in [1.29, 1.82) is 0 Å². The zero-order chi connectivity index (χ0) is 7.61. The van der Waals surface area contributed by atoms with E-state index in [4.69, 9.17) is 0 Å². The van der Waals surface area contributed by atoms with Gasteiger partial charge >= 0.3 is 76.1 Å². The van der Waals surface area contributed by atoms with Crippen molar-refractivity contribution in [1.82, 2.24) is 0 Å². The van der Waals surface area contributed by atoms with Crippen LogP contribution in [0.4, 0.5) is 0 Å². The summed E-state index contributed by atoms with van der Waals surface area (Å²) in [6, 6.07) is 10.7. The number of hydrogen-bond donors (Lipinski definition) is 0. The molecule has 1 aromatic carbocycles. The fourth-order valence-electron chi connectivity index (χ4n) is 0.868. The van der Waals surface area contributed by atoms with E-state index in [1.165, 1.54) is 28.6 Å². The van der Waals surface area contributed by atoms with Crippen LogP contribution in [0.1, 0.15) is 19.4 Å². The topological polar surface area (TPSA) is 0 Å². The van der Waals surface area contributed by atoms with Gasteiger partial charge in [0.15, 0.2) is 0 Å². The van der Waals surface area contributed by atoms with E-state index < -0.39 is 0 Å². The van der Waals surface area contributed by atoms with Crippen LogP contribution in [0.15, 0.2) is 30.3 Å². The molecule has 0 saturated heterocycles. The molecule has 0 aliphatic heterocycles. The third-order valence-electron chi connectivity index (χ3n) is 1.52. The SMILES string of the molecule is C[C](C)([SbH2])c1ccccc1. The van der Waals surface area contributed by atoms with E-state index in [0.29, 0.717) is 3.36 Å². The average Bonchev–Trinajstić information content (AvgIpc) is 1.88. The first-order valence-corrected chi connectivity index (χ1v) is 5.10. The molecule has 0 unspecified atom stereocenters. The number of rotatable bonds is 1. The van der Waals surface area contributed by atoms with E-state index in [1.54, 1.807) is 0 Å². The Morgan fingerprint density at radius 2 is 1.60 bits per heavy atom. The van der Waals surface area contributed by atoms with Crippen molar-refractivity contribution in [3.8, 4) is 0 Å². The monoisotopic (exact) mass is 242 g/mol. The minimum atomic E-state index is 0.423. The second-order valence-corrected chi connectivity index (χ2v) is 7.21. The molecule has 0 aliphatic rings. The molecule has 0 bridgehead atoms. The molecule has 0 heterocycles. The van der Waals surface area contributed by atoms with Crippen LogP contribution in [0, 0.1) is 0 Å². The summed E-state index contributed by atoms with van der Waals surface area (Å²) in [5, 5.41) is 0. The molecular formula is C9H13Sb. The zero-order valence-corrected chi connectivity index (χ0v) is 9.76. The van der Waals surface area contributed by atoms with E-state index in [-0.39, 0.29) is 0 Å². The van der Waals surface area contributed by atoms with Crippen LogP contribution in [-0.2, 0) is 3.36 Å². The predicted molar refractivity (Wildman–Crippen MR) is 48.0 cm³/mol. The molecule has 10 heavy (non-hydrogen) atoms. The molecule has 0 radical (unpaired) electrons. The quantitative estimate of drug-likeness (QED) is 0.656. The maximum absolute atomic E-state index is 2.28. The van der Waals surface area contributed by atoms with Gasteiger partial charge in [0.1, 0.15) is 0 Å². The number of benzene rings is 1. The van der Waals surface area contributed by atoms with Gasteiger partial charge in [-0.25, -0.2) is 0 Å². The van der Waals surface area contributed by atoms with Gasteiger partial charge in [-0.3, -0.25) is 0 Å². The Bertz CT molecular complexity index is 196. The van der Waals surface area contributed by atoms with Gasteiger partial charge in [0.05, 0.1) is 0 Å². The number of hydrogen-bond acceptors (Lipinski definition) is 0. The first-order valence-electron chi connectivity index (χ1n) is 3.45. The average molecular weight is 243 g/mol. The van der Waals surface area contributed by atoms with Gasteiger partial charge in [0.25, 0.3) is 0 Å². The van der Waals surface area contributed by atoms with Crippen molar-refractivity contribution < 1.29 is 0 Å². The molecule has 0 saturated carbocycles. The third-order valence-corrected chi connectivity index (χ3v) is 2.47. The van der Waals surface area contributed by atoms with Gasteiger partial charge in [0.2, 0.25) is 0 Å². The van der Waals surface area contributed by atoms with E-state index in [1.807, 2.05) is 0 Å². The molecule has 54 valence electrons. The molecule has 0 aliphatic carbocycles. The molecule has 1 aromatic rings. The van der Waals surface area contributed by atoms with Crippen LogP contribution >= 0.6 is 0 Å². The van der Waals surface area contributed by atoms with Gasteiger partial charge < -0.3 is 0 Å². The van der Waals surface area contributed by atoms with Crippen molar-refractivity contribution in [2.45, 2.75) is 17.2 Å². The Morgan fingerprint density at radius 3 is 1.90 bits per heavy atom. The van der Waals surface area contributed by atoms with Crippen molar-refractivity contribution in [3.05, 3.63) is 35.9 Å². The molecule has 0 atom stereocenters. The third kappa shape index (κ3) is 2.02. The predicted octanol–water partition coefficient (Wildman–Crippen LogP) is 1.55. The van der Waals surface area contributed by atoms with Crippen molar-refractivity contribution in [2.75, 3.05) is 0 Å². The normalized spacial score (nSPS) is 11.5. The van der Waals surface area contributed by atoms with Gasteiger partial charge in [0, 0.05) is 0 Å². The summed E-state index contributed by atoms with van der Waals surface area (Å²) in [4.78, 5) is 0. The van der Waals surface area contributed by atoms with Crippen molar-refractivity contribution in [3.63, 3.8) is 0 Å². The van der Waals surface area contributed by atoms with Crippen LogP contribution in [0.3, 0.4) is 0 Å². The summed E-state index contributed by atoms with van der Waals surface area (Å²) < 4.78 is 0.423. The minimum absolute atomic E-state index is 0.423. The van der Waals surface area contributed by atoms with Gasteiger partial charge in [-0.1, -0.05) is 0 Å². The molecular weight excluding hydrogens is 230 g/mol. The summed E-state index contributed by atoms with van der Waals surface area (Å²) in [5.41, 5.74) is 1.46. The van der Waals surface area contributed by atoms with E-state index in [0.717, 1.165) is 0 Å². The molecule has 0 nitrogen and oxygen atoms in total. The Labute approximate surface area is 76.1 Å². The Hall–Kier alpha value is 0.0382. The zero-order valence-electron chi connectivity index (χ0n) is 6.46. The molecule has 0 aromatic heterocycles. The molecule has 0 spiro atoms. The van der Waals surface area contributed by atoms with Gasteiger partial charge in [-0.15, -0.1) is 0 Å². The van der Waals surface area contributed by atoms with Crippen LogP contribution < -0.4 is 0 Å². The van der Waals surface area contributed by atoms with Gasteiger partial charge in [-0.05, 0) is 0 Å². The molecule has 0 amide bonds. The summed E-state index contributed by atoms with van der Waals surface area (Å²) in [7, 11) is 0. The standard InChI is InChI=1S/C9H11.Sb.2H/c1-8(2)9-6-4-3-5-7-9;;;/h3-7H,1-2H3;;;. The Kier molecular flexibility index (Phi) is 2.41. The van der Waals surface area contributed by atoms with Crippen molar-refractivity contribution >= 4 is 23.0 Å². The molecule has 0 N–H and O–H groups in total.